The monoisotopic (exact) mass is 341 g/mol. The van der Waals surface area contributed by atoms with Gasteiger partial charge in [-0.2, -0.15) is 0 Å². The third kappa shape index (κ3) is 2.85. The molecule has 0 fully saturated rings. The summed E-state index contributed by atoms with van der Waals surface area (Å²) in [6.07, 6.45) is 1.44. The molecule has 0 atom stereocenters. The lowest BCUT2D eigenvalue weighted by atomic mass is 10.1. The summed E-state index contributed by atoms with van der Waals surface area (Å²) < 4.78 is 10.5. The number of hydrogen-bond donors (Lipinski definition) is 1. The van der Waals surface area contributed by atoms with E-state index in [9.17, 15) is 10.0 Å². The Balaban J connectivity index is 1.70. The summed E-state index contributed by atoms with van der Waals surface area (Å²) in [5.74, 6) is 0.788. The maximum Gasteiger partial charge on any atom is 0.256 e. The van der Waals surface area contributed by atoms with Crippen LogP contribution in [0.2, 0.25) is 0 Å². The van der Waals surface area contributed by atoms with Gasteiger partial charge in [-0.3, -0.25) is 4.79 Å². The lowest BCUT2D eigenvalue weighted by Crippen LogP contribution is -2.29. The Bertz CT molecular complexity index is 687. The maximum absolute atomic E-state index is 12.2. The van der Waals surface area contributed by atoms with Crippen LogP contribution in [0.4, 0.5) is 0 Å². The minimum absolute atomic E-state index is 0.0228. The topological polar surface area (TPSA) is 73.9 Å². The van der Waals surface area contributed by atoms with Crippen molar-refractivity contribution in [3.63, 3.8) is 0 Å². The molecule has 0 unspecified atom stereocenters. The van der Waals surface area contributed by atoms with Crippen molar-refractivity contribution < 1.29 is 14.3 Å². The second kappa shape index (κ2) is 6.08. The van der Waals surface area contributed by atoms with Gasteiger partial charge >= 0.3 is 0 Å². The van der Waals surface area contributed by atoms with Gasteiger partial charge in [0.05, 0.1) is 10.6 Å². The van der Waals surface area contributed by atoms with Crippen LogP contribution in [0.5, 0.6) is 11.5 Å². The molecule has 3 rings (SSSR count). The first-order valence-corrected chi connectivity index (χ1v) is 7.19. The van der Waals surface area contributed by atoms with Crippen molar-refractivity contribution in [1.29, 1.82) is 0 Å². The van der Waals surface area contributed by atoms with E-state index in [1.54, 1.807) is 12.1 Å². The van der Waals surface area contributed by atoms with Gasteiger partial charge in [0.1, 0.15) is 5.16 Å². The molecule has 0 aromatic heterocycles. The first-order valence-electron chi connectivity index (χ1n) is 6.43. The molecule has 1 amide bonds. The summed E-state index contributed by atoms with van der Waals surface area (Å²) in [4.78, 5) is 12.2. The highest BCUT2D eigenvalue weighted by atomic mass is 35.5. The predicted octanol–water partition coefficient (Wildman–Crippen LogP) is 2.42. The fraction of sp³-hybridized carbons (Fsp3) is 0.214. The highest BCUT2D eigenvalue weighted by Gasteiger charge is 2.22. The minimum Gasteiger partial charge on any atom is -0.757 e. The molecule has 0 radical (unpaired) electrons. The highest BCUT2D eigenvalue weighted by molar-refractivity contribution is 6.39. The molecule has 6 nitrogen and oxygen atoms in total. The first-order chi connectivity index (χ1) is 10.6. The molecule has 0 saturated heterocycles. The van der Waals surface area contributed by atoms with E-state index in [0.29, 0.717) is 16.6 Å². The van der Waals surface area contributed by atoms with Gasteiger partial charge in [-0.1, -0.05) is 29.3 Å². The zero-order valence-corrected chi connectivity index (χ0v) is 12.8. The van der Waals surface area contributed by atoms with Crippen LogP contribution in [0.15, 0.2) is 40.0 Å². The van der Waals surface area contributed by atoms with Gasteiger partial charge in [-0.25, -0.2) is 0 Å². The third-order valence-electron chi connectivity index (χ3n) is 3.22. The summed E-state index contributed by atoms with van der Waals surface area (Å²) in [5, 5.41) is 14.6. The summed E-state index contributed by atoms with van der Waals surface area (Å²) in [6, 6.07) is 5.35. The van der Waals surface area contributed by atoms with Gasteiger partial charge in [-0.15, -0.1) is 0 Å². The molecule has 0 saturated carbocycles. The second-order valence-electron chi connectivity index (χ2n) is 4.65. The van der Waals surface area contributed by atoms with Crippen LogP contribution in [-0.2, 0) is 11.3 Å². The normalized spacial score (nSPS) is 16.7. The Kier molecular flexibility index (Phi) is 4.15. The van der Waals surface area contributed by atoms with Crippen molar-refractivity contribution >= 4 is 29.1 Å². The number of nitrogens with one attached hydrogen (secondary N) is 1. The van der Waals surface area contributed by atoms with E-state index in [-0.39, 0.29) is 35.6 Å². The lowest BCUT2D eigenvalue weighted by Gasteiger charge is -2.32. The predicted molar refractivity (Wildman–Crippen MR) is 81.3 cm³/mol. The molecule has 0 spiro atoms. The number of carbonyl (C=O) groups is 1. The quantitative estimate of drug-likeness (QED) is 0.854. The largest absolute Gasteiger partial charge is 0.757 e. The van der Waals surface area contributed by atoms with Gasteiger partial charge < -0.3 is 25.1 Å². The average Bonchev–Trinajstić information content (AvgIpc) is 2.97. The van der Waals surface area contributed by atoms with Crippen molar-refractivity contribution in [3.8, 4) is 11.5 Å². The fourth-order valence-electron chi connectivity index (χ4n) is 2.09. The highest BCUT2D eigenvalue weighted by Crippen LogP contribution is 2.32. The van der Waals surface area contributed by atoms with Crippen molar-refractivity contribution in [1.82, 2.24) is 10.4 Å². The van der Waals surface area contributed by atoms with E-state index in [2.05, 4.69) is 5.32 Å². The molecular weight excluding hydrogens is 331 g/mol. The molecular formula is C14H11Cl2N2O4-. The molecule has 1 aromatic carbocycles. The molecule has 116 valence electrons. The van der Waals surface area contributed by atoms with Crippen molar-refractivity contribution in [2.24, 2.45) is 0 Å². The SMILES string of the molecule is O=C(NCc1ccc2c(c1)OCO2)C1=C(Cl)N([O-])CC=C1Cl. The van der Waals surface area contributed by atoms with E-state index in [1.165, 1.54) is 6.08 Å². The van der Waals surface area contributed by atoms with Crippen LogP contribution < -0.4 is 14.8 Å². The third-order valence-corrected chi connectivity index (χ3v) is 3.94. The van der Waals surface area contributed by atoms with Crippen molar-refractivity contribution in [3.05, 3.63) is 50.8 Å². The summed E-state index contributed by atoms with van der Waals surface area (Å²) in [7, 11) is 0. The molecule has 8 heteroatoms. The zero-order valence-electron chi connectivity index (χ0n) is 11.3. The summed E-state index contributed by atoms with van der Waals surface area (Å²) >= 11 is 11.8. The zero-order chi connectivity index (χ0) is 15.7. The Morgan fingerprint density at radius 3 is 2.91 bits per heavy atom. The summed E-state index contributed by atoms with van der Waals surface area (Å²) in [5.41, 5.74) is 0.801. The van der Waals surface area contributed by atoms with Gasteiger partial charge in [0.2, 0.25) is 6.79 Å². The molecule has 0 bridgehead atoms. The molecule has 2 aliphatic rings. The molecule has 2 aliphatic heterocycles. The number of benzene rings is 1. The Morgan fingerprint density at radius 2 is 2.09 bits per heavy atom. The number of amides is 1. The van der Waals surface area contributed by atoms with Gasteiger partial charge in [0.25, 0.3) is 5.91 Å². The minimum atomic E-state index is -0.510. The van der Waals surface area contributed by atoms with Crippen LogP contribution in [0.1, 0.15) is 5.56 Å². The number of fused-ring (bicyclic) bond motifs is 1. The number of halogens is 2. The summed E-state index contributed by atoms with van der Waals surface area (Å²) in [6.45, 7) is 0.455. The van der Waals surface area contributed by atoms with E-state index in [1.807, 2.05) is 6.07 Å². The molecule has 0 aliphatic carbocycles. The van der Waals surface area contributed by atoms with Crippen LogP contribution in [-0.4, -0.2) is 24.3 Å². The molecule has 22 heavy (non-hydrogen) atoms. The average molecular weight is 342 g/mol. The van der Waals surface area contributed by atoms with Crippen LogP contribution in [0, 0.1) is 5.21 Å². The number of hydroxylamine groups is 2. The first kappa shape index (κ1) is 15.0. The Hall–Kier alpha value is -1.89. The second-order valence-corrected chi connectivity index (χ2v) is 5.41. The Morgan fingerprint density at radius 1 is 1.32 bits per heavy atom. The fourth-order valence-corrected chi connectivity index (χ4v) is 2.64. The number of rotatable bonds is 3. The number of ether oxygens (including phenoxy) is 2. The van der Waals surface area contributed by atoms with Crippen LogP contribution >= 0.6 is 23.2 Å². The van der Waals surface area contributed by atoms with Gasteiger partial charge in [0.15, 0.2) is 11.5 Å². The van der Waals surface area contributed by atoms with Gasteiger partial charge in [0, 0.05) is 13.1 Å². The maximum atomic E-state index is 12.2. The van der Waals surface area contributed by atoms with Crippen LogP contribution in [0.25, 0.3) is 0 Å². The molecule has 2 heterocycles. The van der Waals surface area contributed by atoms with E-state index >= 15 is 0 Å². The van der Waals surface area contributed by atoms with Crippen molar-refractivity contribution in [2.75, 3.05) is 13.3 Å². The van der Waals surface area contributed by atoms with E-state index in [0.717, 1.165) is 5.56 Å². The number of hydrogen-bond acceptors (Lipinski definition) is 5. The van der Waals surface area contributed by atoms with E-state index < -0.39 is 5.91 Å². The number of carbonyl (C=O) groups excluding carboxylic acids is 1. The molecule has 1 aromatic rings. The number of nitrogens with zero attached hydrogens (tertiary/aromatic N) is 1. The van der Waals surface area contributed by atoms with Gasteiger partial charge in [-0.05, 0) is 23.8 Å². The van der Waals surface area contributed by atoms with E-state index in [4.69, 9.17) is 32.7 Å². The molecule has 1 N–H and O–H groups in total. The van der Waals surface area contributed by atoms with Crippen molar-refractivity contribution in [2.45, 2.75) is 6.54 Å². The Labute approximate surface area is 136 Å². The standard InChI is InChI=1S/C14H11Cl2N2O4/c15-9-3-4-18(20)13(16)12(9)14(19)17-6-8-1-2-10-11(5-8)22-7-21-10/h1-3,5H,4,6-7H2,(H,17,19)/q-1. The van der Waals surface area contributed by atoms with Crippen LogP contribution in [0.3, 0.4) is 0 Å². The lowest BCUT2D eigenvalue weighted by molar-refractivity contribution is -0.117. The smallest absolute Gasteiger partial charge is 0.256 e.